The third-order valence-electron chi connectivity index (χ3n) is 5.92. The Hall–Kier alpha value is -0.960. The Morgan fingerprint density at radius 1 is 1.26 bits per heavy atom. The Kier molecular flexibility index (Phi) is 5.35. The van der Waals surface area contributed by atoms with Gasteiger partial charge in [0.05, 0.1) is 5.25 Å². The van der Waals surface area contributed by atoms with Gasteiger partial charge in [0.15, 0.2) is 0 Å². The molecule has 0 aliphatic heterocycles. The van der Waals surface area contributed by atoms with E-state index < -0.39 is 0 Å². The van der Waals surface area contributed by atoms with Crippen LogP contribution in [0.1, 0.15) is 50.7 Å². The molecule has 1 amide bonds. The average Bonchev–Trinajstić information content (AvgIpc) is 3.16. The third kappa shape index (κ3) is 3.93. The van der Waals surface area contributed by atoms with Crippen LogP contribution in [0.15, 0.2) is 24.3 Å². The zero-order chi connectivity index (χ0) is 16.4. The van der Waals surface area contributed by atoms with Crippen molar-refractivity contribution >= 4 is 17.7 Å². The Bertz CT molecular complexity index is 558. The first kappa shape index (κ1) is 16.9. The molecule has 1 aromatic rings. The van der Waals surface area contributed by atoms with E-state index in [1.54, 1.807) is 11.8 Å². The molecule has 126 valence electrons. The van der Waals surface area contributed by atoms with Crippen LogP contribution >= 0.6 is 11.8 Å². The summed E-state index contributed by atoms with van der Waals surface area (Å²) in [5.74, 6) is 3.64. The van der Waals surface area contributed by atoms with E-state index in [0.717, 1.165) is 17.6 Å². The van der Waals surface area contributed by atoms with Gasteiger partial charge in [-0.05, 0) is 68.9 Å². The second-order valence-corrected chi connectivity index (χ2v) is 8.84. The van der Waals surface area contributed by atoms with Crippen LogP contribution in [0.2, 0.25) is 0 Å². The van der Waals surface area contributed by atoms with Gasteiger partial charge < -0.3 is 5.32 Å². The Morgan fingerprint density at radius 3 is 2.70 bits per heavy atom. The highest BCUT2D eigenvalue weighted by Gasteiger charge is 2.42. The molecule has 2 aliphatic rings. The van der Waals surface area contributed by atoms with Crippen molar-refractivity contribution in [2.45, 2.75) is 63.5 Å². The maximum absolute atomic E-state index is 12.5. The third-order valence-corrected chi connectivity index (χ3v) is 7.12. The lowest BCUT2D eigenvalue weighted by atomic mass is 9.84. The number of thioether (sulfide) groups is 1. The fraction of sp³-hybridized carbons (Fsp3) is 0.650. The molecule has 1 N–H and O–H groups in total. The molecule has 0 aromatic heterocycles. The quantitative estimate of drug-likeness (QED) is 0.828. The molecule has 3 rings (SSSR count). The summed E-state index contributed by atoms with van der Waals surface area (Å²) in [5, 5.41) is 3.31. The predicted octanol–water partition coefficient (Wildman–Crippen LogP) is 4.56. The minimum Gasteiger partial charge on any atom is -0.352 e. The summed E-state index contributed by atoms with van der Waals surface area (Å²) in [6.07, 6.45) is 5.54. The molecule has 0 spiro atoms. The van der Waals surface area contributed by atoms with Gasteiger partial charge in [-0.2, -0.15) is 0 Å². The molecule has 2 bridgehead atoms. The van der Waals surface area contributed by atoms with Gasteiger partial charge in [0.25, 0.3) is 0 Å². The predicted molar refractivity (Wildman–Crippen MR) is 98.5 cm³/mol. The summed E-state index contributed by atoms with van der Waals surface area (Å²) in [7, 11) is 0. The first-order chi connectivity index (χ1) is 11.0. The maximum Gasteiger partial charge on any atom is 0.233 e. The van der Waals surface area contributed by atoms with E-state index in [9.17, 15) is 4.79 Å². The van der Waals surface area contributed by atoms with Crippen LogP contribution in [0.25, 0.3) is 0 Å². The summed E-state index contributed by atoms with van der Waals surface area (Å²) in [4.78, 5) is 12.5. The van der Waals surface area contributed by atoms with Gasteiger partial charge >= 0.3 is 0 Å². The second-order valence-electron chi connectivity index (χ2n) is 7.52. The van der Waals surface area contributed by atoms with E-state index in [-0.39, 0.29) is 11.2 Å². The summed E-state index contributed by atoms with van der Waals surface area (Å²) < 4.78 is 0. The van der Waals surface area contributed by atoms with Crippen LogP contribution in [-0.2, 0) is 10.5 Å². The van der Waals surface area contributed by atoms with E-state index in [0.29, 0.717) is 12.0 Å². The first-order valence-electron chi connectivity index (χ1n) is 9.01. The zero-order valence-electron chi connectivity index (χ0n) is 14.5. The van der Waals surface area contributed by atoms with E-state index >= 15 is 0 Å². The van der Waals surface area contributed by atoms with Crippen LogP contribution in [0.3, 0.4) is 0 Å². The highest BCUT2D eigenvalue weighted by Crippen LogP contribution is 2.49. The standard InChI is InChI=1S/C20H29NOS/c1-13-6-4-5-7-18(13)12-23-15(3)20(22)21-14(2)19-11-16-8-9-17(19)10-16/h4-7,14-17,19H,8-12H2,1-3H3,(H,21,22). The number of hydrogen-bond donors (Lipinski definition) is 1. The van der Waals surface area contributed by atoms with Crippen molar-refractivity contribution in [2.75, 3.05) is 0 Å². The fourth-order valence-electron chi connectivity index (χ4n) is 4.42. The van der Waals surface area contributed by atoms with Crippen molar-refractivity contribution in [1.29, 1.82) is 0 Å². The lowest BCUT2D eigenvalue weighted by Gasteiger charge is -2.29. The summed E-state index contributed by atoms with van der Waals surface area (Å²) >= 11 is 1.74. The zero-order valence-corrected chi connectivity index (χ0v) is 15.4. The molecule has 0 saturated heterocycles. The van der Waals surface area contributed by atoms with Crippen molar-refractivity contribution in [2.24, 2.45) is 17.8 Å². The highest BCUT2D eigenvalue weighted by atomic mass is 32.2. The Labute approximate surface area is 144 Å². The van der Waals surface area contributed by atoms with Crippen LogP contribution < -0.4 is 5.32 Å². The molecule has 2 aliphatic carbocycles. The van der Waals surface area contributed by atoms with Crippen LogP contribution in [-0.4, -0.2) is 17.2 Å². The minimum atomic E-state index is 0.00986. The lowest BCUT2D eigenvalue weighted by molar-refractivity contribution is -0.121. The normalized spacial score (nSPS) is 28.6. The van der Waals surface area contributed by atoms with Crippen LogP contribution in [0.5, 0.6) is 0 Å². The number of benzene rings is 1. The number of nitrogens with one attached hydrogen (secondary N) is 1. The smallest absolute Gasteiger partial charge is 0.233 e. The lowest BCUT2D eigenvalue weighted by Crippen LogP contribution is -2.43. The summed E-state index contributed by atoms with van der Waals surface area (Å²) in [6.45, 7) is 6.38. The van der Waals surface area contributed by atoms with Crippen molar-refractivity contribution in [3.05, 3.63) is 35.4 Å². The highest BCUT2D eigenvalue weighted by molar-refractivity contribution is 7.99. The molecule has 0 radical (unpaired) electrons. The van der Waals surface area contributed by atoms with Gasteiger partial charge in [0, 0.05) is 11.8 Å². The second kappa shape index (κ2) is 7.29. The Morgan fingerprint density at radius 2 is 2.04 bits per heavy atom. The molecule has 3 heteroatoms. The SMILES string of the molecule is Cc1ccccc1CSC(C)C(=O)NC(C)C1CC2CCC1C2. The molecule has 1 aromatic carbocycles. The van der Waals surface area contributed by atoms with Gasteiger partial charge in [0.2, 0.25) is 5.91 Å². The van der Waals surface area contributed by atoms with Gasteiger partial charge in [-0.3, -0.25) is 4.79 Å². The minimum absolute atomic E-state index is 0.00986. The molecule has 0 heterocycles. The number of fused-ring (bicyclic) bond motifs is 2. The number of carbonyl (C=O) groups excluding carboxylic acids is 1. The summed E-state index contributed by atoms with van der Waals surface area (Å²) in [6, 6.07) is 8.77. The van der Waals surface area contributed by atoms with Gasteiger partial charge in [-0.1, -0.05) is 30.7 Å². The molecule has 2 nitrogen and oxygen atoms in total. The van der Waals surface area contributed by atoms with Crippen molar-refractivity contribution in [3.63, 3.8) is 0 Å². The van der Waals surface area contributed by atoms with E-state index in [1.165, 1.54) is 36.8 Å². The molecule has 2 saturated carbocycles. The topological polar surface area (TPSA) is 29.1 Å². The van der Waals surface area contributed by atoms with Crippen molar-refractivity contribution in [3.8, 4) is 0 Å². The van der Waals surface area contributed by atoms with Crippen LogP contribution in [0, 0.1) is 24.7 Å². The molecular formula is C20H29NOS. The maximum atomic E-state index is 12.5. The average molecular weight is 332 g/mol. The molecule has 23 heavy (non-hydrogen) atoms. The molecule has 2 fully saturated rings. The molecule has 5 unspecified atom stereocenters. The Balaban J connectivity index is 1.47. The number of carbonyl (C=O) groups is 1. The molecule has 5 atom stereocenters. The number of rotatable bonds is 6. The van der Waals surface area contributed by atoms with Crippen molar-refractivity contribution in [1.82, 2.24) is 5.32 Å². The van der Waals surface area contributed by atoms with Crippen molar-refractivity contribution < 1.29 is 4.79 Å². The van der Waals surface area contributed by atoms with Gasteiger partial charge in [-0.25, -0.2) is 0 Å². The van der Waals surface area contributed by atoms with Gasteiger partial charge in [0.1, 0.15) is 0 Å². The van der Waals surface area contributed by atoms with E-state index in [4.69, 9.17) is 0 Å². The monoisotopic (exact) mass is 331 g/mol. The first-order valence-corrected chi connectivity index (χ1v) is 10.1. The largest absolute Gasteiger partial charge is 0.352 e. The molecular weight excluding hydrogens is 302 g/mol. The van der Waals surface area contributed by atoms with Gasteiger partial charge in [-0.15, -0.1) is 11.8 Å². The van der Waals surface area contributed by atoms with Crippen LogP contribution in [0.4, 0.5) is 0 Å². The number of hydrogen-bond acceptors (Lipinski definition) is 2. The number of amides is 1. The summed E-state index contributed by atoms with van der Waals surface area (Å²) in [5.41, 5.74) is 2.64. The number of aryl methyl sites for hydroxylation is 1. The fourth-order valence-corrected chi connectivity index (χ4v) is 5.39. The van der Waals surface area contributed by atoms with E-state index in [2.05, 4.69) is 43.4 Å². The van der Waals surface area contributed by atoms with E-state index in [1.807, 2.05) is 6.92 Å².